The number of ether oxygens (including phenoxy) is 1. The van der Waals surface area contributed by atoms with Crippen LogP contribution in [0.5, 0.6) is 0 Å². The van der Waals surface area contributed by atoms with E-state index in [1.54, 1.807) is 12.1 Å². The molecule has 3 N–H and O–H groups in total. The Morgan fingerprint density at radius 3 is 2.89 bits per heavy atom. The molecule has 0 fully saturated rings. The van der Waals surface area contributed by atoms with Crippen LogP contribution in [0.4, 0.5) is 5.82 Å². The number of nitrogen functional groups attached to an aromatic ring is 1. The molecule has 0 amide bonds. The Morgan fingerprint density at radius 2 is 2.16 bits per heavy atom. The second-order valence-corrected chi connectivity index (χ2v) is 4.31. The second-order valence-electron chi connectivity index (χ2n) is 4.31. The maximum Gasteiger partial charge on any atom is 0.337 e. The van der Waals surface area contributed by atoms with E-state index in [1.807, 2.05) is 6.92 Å². The van der Waals surface area contributed by atoms with Gasteiger partial charge in [-0.25, -0.2) is 14.8 Å². The highest BCUT2D eigenvalue weighted by Gasteiger charge is 2.14. The third kappa shape index (κ3) is 1.61. The number of aromatic amines is 1. The molecule has 0 unspecified atom stereocenters. The van der Waals surface area contributed by atoms with Gasteiger partial charge in [0.25, 0.3) is 0 Å². The van der Waals surface area contributed by atoms with Crippen molar-refractivity contribution < 1.29 is 9.53 Å². The summed E-state index contributed by atoms with van der Waals surface area (Å²) in [6, 6.07) is 3.51. The van der Waals surface area contributed by atoms with Gasteiger partial charge in [-0.05, 0) is 24.6 Å². The molecule has 0 radical (unpaired) electrons. The summed E-state index contributed by atoms with van der Waals surface area (Å²) in [5.41, 5.74) is 8.86. The van der Waals surface area contributed by atoms with Gasteiger partial charge in [-0.2, -0.15) is 0 Å². The maximum atomic E-state index is 11.7. The summed E-state index contributed by atoms with van der Waals surface area (Å²) >= 11 is 0. The van der Waals surface area contributed by atoms with Gasteiger partial charge in [0.1, 0.15) is 17.8 Å². The summed E-state index contributed by atoms with van der Waals surface area (Å²) in [4.78, 5) is 23.0. The van der Waals surface area contributed by atoms with Crippen molar-refractivity contribution in [2.24, 2.45) is 0 Å². The number of nitrogens with two attached hydrogens (primary N) is 1. The fourth-order valence-corrected chi connectivity index (χ4v) is 2.26. The molecule has 0 saturated carbocycles. The van der Waals surface area contributed by atoms with E-state index in [4.69, 9.17) is 10.5 Å². The molecule has 0 atom stereocenters. The van der Waals surface area contributed by atoms with E-state index < -0.39 is 0 Å². The molecule has 0 aliphatic carbocycles. The number of fused-ring (bicyclic) bond motifs is 3. The molecule has 6 nitrogen and oxygen atoms in total. The lowest BCUT2D eigenvalue weighted by atomic mass is 10.1. The summed E-state index contributed by atoms with van der Waals surface area (Å²) in [5, 5.41) is 1.56. The Labute approximate surface area is 108 Å². The number of carbonyl (C=O) groups is 1. The average Bonchev–Trinajstić information content (AvgIpc) is 2.78. The smallest absolute Gasteiger partial charge is 0.337 e. The standard InChI is InChI=1S/C13H12N4O2/c1-6-3-7(13(18)19-2)4-8-9-11(14)15-5-16-12(9)17-10(6)8/h3-5H,1-2H3,(H3,14,15,16,17). The van der Waals surface area contributed by atoms with E-state index in [0.29, 0.717) is 17.0 Å². The summed E-state index contributed by atoms with van der Waals surface area (Å²) in [7, 11) is 1.36. The minimum Gasteiger partial charge on any atom is -0.465 e. The Hall–Kier alpha value is -2.63. The number of benzene rings is 1. The van der Waals surface area contributed by atoms with Gasteiger partial charge in [-0.1, -0.05) is 0 Å². The minimum absolute atomic E-state index is 0.380. The molecule has 2 heterocycles. The average molecular weight is 256 g/mol. The molecule has 6 heteroatoms. The number of anilines is 1. The molecule has 19 heavy (non-hydrogen) atoms. The van der Waals surface area contributed by atoms with Gasteiger partial charge in [0.15, 0.2) is 0 Å². The van der Waals surface area contributed by atoms with Crippen molar-refractivity contribution in [3.8, 4) is 0 Å². The molecular weight excluding hydrogens is 244 g/mol. The number of aromatic nitrogens is 3. The molecule has 0 saturated heterocycles. The normalized spacial score (nSPS) is 11.1. The third-order valence-corrected chi connectivity index (χ3v) is 3.15. The van der Waals surface area contributed by atoms with Gasteiger partial charge < -0.3 is 15.5 Å². The monoisotopic (exact) mass is 256 g/mol. The van der Waals surface area contributed by atoms with Gasteiger partial charge in [0.05, 0.1) is 23.6 Å². The lowest BCUT2D eigenvalue weighted by molar-refractivity contribution is 0.0601. The summed E-state index contributed by atoms with van der Waals surface area (Å²) < 4.78 is 4.75. The van der Waals surface area contributed by atoms with Crippen LogP contribution < -0.4 is 5.73 Å². The fraction of sp³-hybridized carbons (Fsp3) is 0.154. The summed E-state index contributed by atoms with van der Waals surface area (Å²) in [6.45, 7) is 1.91. The van der Waals surface area contributed by atoms with Crippen LogP contribution in [0.3, 0.4) is 0 Å². The zero-order chi connectivity index (χ0) is 13.6. The van der Waals surface area contributed by atoms with Crippen LogP contribution in [0.1, 0.15) is 15.9 Å². The van der Waals surface area contributed by atoms with E-state index in [2.05, 4.69) is 15.0 Å². The third-order valence-electron chi connectivity index (χ3n) is 3.15. The molecule has 96 valence electrons. The van der Waals surface area contributed by atoms with Crippen LogP contribution in [-0.2, 0) is 4.74 Å². The van der Waals surface area contributed by atoms with Gasteiger partial charge in [-0.15, -0.1) is 0 Å². The first kappa shape index (κ1) is 11.5. The summed E-state index contributed by atoms with van der Waals surface area (Å²) in [6.07, 6.45) is 1.41. The minimum atomic E-state index is -0.380. The molecular formula is C13H12N4O2. The number of hydrogen-bond acceptors (Lipinski definition) is 5. The number of nitrogens with zero attached hydrogens (tertiary/aromatic N) is 2. The van der Waals surface area contributed by atoms with Crippen LogP contribution in [0.2, 0.25) is 0 Å². The predicted octanol–water partition coefficient (Wildman–Crippen LogP) is 1.79. The highest BCUT2D eigenvalue weighted by atomic mass is 16.5. The molecule has 3 aromatic rings. The van der Waals surface area contributed by atoms with Gasteiger partial charge in [0, 0.05) is 5.39 Å². The van der Waals surface area contributed by atoms with Crippen molar-refractivity contribution in [3.63, 3.8) is 0 Å². The van der Waals surface area contributed by atoms with Crippen molar-refractivity contribution in [3.05, 3.63) is 29.6 Å². The van der Waals surface area contributed by atoms with Gasteiger partial charge in [0.2, 0.25) is 0 Å². The van der Waals surface area contributed by atoms with Crippen LogP contribution >= 0.6 is 0 Å². The second kappa shape index (κ2) is 3.94. The van der Waals surface area contributed by atoms with Gasteiger partial charge in [-0.3, -0.25) is 0 Å². The van der Waals surface area contributed by atoms with Crippen molar-refractivity contribution in [2.45, 2.75) is 6.92 Å². The largest absolute Gasteiger partial charge is 0.465 e. The van der Waals surface area contributed by atoms with E-state index >= 15 is 0 Å². The first-order valence-electron chi connectivity index (χ1n) is 5.72. The number of nitrogens with one attached hydrogen (secondary N) is 1. The van der Waals surface area contributed by atoms with Crippen molar-refractivity contribution >= 4 is 33.7 Å². The predicted molar refractivity (Wildman–Crippen MR) is 71.9 cm³/mol. The molecule has 1 aromatic carbocycles. The number of methoxy groups -OCH3 is 1. The first-order chi connectivity index (χ1) is 9.11. The van der Waals surface area contributed by atoms with E-state index in [1.165, 1.54) is 13.4 Å². The Bertz CT molecular complexity index is 807. The fourth-order valence-electron chi connectivity index (χ4n) is 2.26. The highest BCUT2D eigenvalue weighted by molar-refractivity contribution is 6.13. The van der Waals surface area contributed by atoms with E-state index in [-0.39, 0.29) is 5.97 Å². The molecule has 2 aromatic heterocycles. The zero-order valence-electron chi connectivity index (χ0n) is 10.5. The number of esters is 1. The first-order valence-corrected chi connectivity index (χ1v) is 5.72. The van der Waals surface area contributed by atoms with E-state index in [0.717, 1.165) is 21.9 Å². The number of H-pyrrole nitrogens is 1. The van der Waals surface area contributed by atoms with Crippen LogP contribution in [0.25, 0.3) is 21.9 Å². The highest BCUT2D eigenvalue weighted by Crippen LogP contribution is 2.30. The van der Waals surface area contributed by atoms with Crippen molar-refractivity contribution in [1.29, 1.82) is 0 Å². The lowest BCUT2D eigenvalue weighted by Crippen LogP contribution is -2.01. The van der Waals surface area contributed by atoms with Gasteiger partial charge >= 0.3 is 5.97 Å². The van der Waals surface area contributed by atoms with Crippen LogP contribution in [-0.4, -0.2) is 28.0 Å². The molecule has 0 aliphatic heterocycles. The molecule has 0 aliphatic rings. The molecule has 0 spiro atoms. The number of hydrogen-bond donors (Lipinski definition) is 2. The van der Waals surface area contributed by atoms with Crippen LogP contribution in [0.15, 0.2) is 18.5 Å². The Kier molecular flexibility index (Phi) is 2.38. The molecule has 3 rings (SSSR count). The lowest BCUT2D eigenvalue weighted by Gasteiger charge is -2.02. The number of aryl methyl sites for hydroxylation is 1. The molecule has 0 bridgehead atoms. The maximum absolute atomic E-state index is 11.7. The zero-order valence-corrected chi connectivity index (χ0v) is 10.5. The topological polar surface area (TPSA) is 93.9 Å². The van der Waals surface area contributed by atoms with Crippen molar-refractivity contribution in [2.75, 3.05) is 12.8 Å². The Morgan fingerprint density at radius 1 is 1.37 bits per heavy atom. The van der Waals surface area contributed by atoms with E-state index in [9.17, 15) is 4.79 Å². The number of carbonyl (C=O) groups excluding carboxylic acids is 1. The van der Waals surface area contributed by atoms with Crippen LogP contribution in [0, 0.1) is 6.92 Å². The number of rotatable bonds is 1. The SMILES string of the molecule is COC(=O)c1cc(C)c2[nH]c3ncnc(N)c3c2c1. The summed E-state index contributed by atoms with van der Waals surface area (Å²) in [5.74, 6) is 0.00689. The Balaban J connectivity index is 2.45. The van der Waals surface area contributed by atoms with Crippen molar-refractivity contribution in [1.82, 2.24) is 15.0 Å². The quantitative estimate of drug-likeness (QED) is 0.647.